The van der Waals surface area contributed by atoms with Crippen molar-refractivity contribution in [2.24, 2.45) is 0 Å². The molecule has 0 bridgehead atoms. The Morgan fingerprint density at radius 2 is 1.84 bits per heavy atom. The number of ether oxygens (including phenoxy) is 3. The van der Waals surface area contributed by atoms with Gasteiger partial charge in [-0.15, -0.1) is 0 Å². The van der Waals surface area contributed by atoms with Gasteiger partial charge in [-0.3, -0.25) is 4.79 Å². The van der Waals surface area contributed by atoms with Crippen LogP contribution in [0.4, 0.5) is 0 Å². The van der Waals surface area contributed by atoms with Crippen molar-refractivity contribution >= 4 is 16.9 Å². The molecular weight excluding hydrogens is 398 g/mol. The van der Waals surface area contributed by atoms with E-state index in [1.165, 1.54) is 6.33 Å². The molecule has 31 heavy (non-hydrogen) atoms. The summed E-state index contributed by atoms with van der Waals surface area (Å²) in [6.07, 6.45) is 3.01. The number of aromatic nitrogens is 4. The number of carbonyl (C=O) groups excluding carboxylic acids is 1. The lowest BCUT2D eigenvalue weighted by Gasteiger charge is -2.11. The number of benzene rings is 2. The lowest BCUT2D eigenvalue weighted by molar-refractivity contribution is -0.123. The van der Waals surface area contributed by atoms with E-state index in [1.807, 2.05) is 42.5 Å². The van der Waals surface area contributed by atoms with E-state index in [9.17, 15) is 4.79 Å². The van der Waals surface area contributed by atoms with Crippen molar-refractivity contribution in [3.8, 4) is 23.1 Å². The van der Waals surface area contributed by atoms with Crippen LogP contribution in [0.5, 0.6) is 17.4 Å². The van der Waals surface area contributed by atoms with Crippen LogP contribution in [0.25, 0.3) is 16.7 Å². The molecule has 0 aliphatic carbocycles. The van der Waals surface area contributed by atoms with Gasteiger partial charge >= 0.3 is 0 Å². The number of methoxy groups -OCH3 is 2. The van der Waals surface area contributed by atoms with E-state index >= 15 is 0 Å². The van der Waals surface area contributed by atoms with E-state index in [0.717, 1.165) is 11.3 Å². The maximum absolute atomic E-state index is 12.3. The Kier molecular flexibility index (Phi) is 5.93. The Labute approximate surface area is 178 Å². The van der Waals surface area contributed by atoms with Crippen LogP contribution in [0, 0.1) is 0 Å². The number of amides is 1. The number of para-hydroxylation sites is 1. The highest BCUT2D eigenvalue weighted by Crippen LogP contribution is 2.27. The van der Waals surface area contributed by atoms with Gasteiger partial charge in [-0.25, -0.2) is 14.6 Å². The van der Waals surface area contributed by atoms with Gasteiger partial charge in [0.1, 0.15) is 11.7 Å². The summed E-state index contributed by atoms with van der Waals surface area (Å²) in [6.45, 7) is 0.142. The zero-order valence-electron chi connectivity index (χ0n) is 17.1. The molecule has 0 radical (unpaired) electrons. The van der Waals surface area contributed by atoms with Gasteiger partial charge in [-0.1, -0.05) is 24.3 Å². The first-order valence-electron chi connectivity index (χ1n) is 9.54. The smallest absolute Gasteiger partial charge is 0.258 e. The monoisotopic (exact) mass is 419 g/mol. The summed E-state index contributed by atoms with van der Waals surface area (Å²) in [5.41, 5.74) is 2.34. The van der Waals surface area contributed by atoms with Crippen LogP contribution in [0.1, 0.15) is 5.56 Å². The van der Waals surface area contributed by atoms with Crippen molar-refractivity contribution in [3.05, 3.63) is 66.6 Å². The zero-order chi connectivity index (χ0) is 21.6. The number of fused-ring (bicyclic) bond motifs is 1. The predicted molar refractivity (Wildman–Crippen MR) is 114 cm³/mol. The molecule has 2 aromatic carbocycles. The first-order chi connectivity index (χ1) is 15.2. The van der Waals surface area contributed by atoms with Gasteiger partial charge in [-0.2, -0.15) is 5.10 Å². The molecule has 9 heteroatoms. The summed E-state index contributed by atoms with van der Waals surface area (Å²) in [7, 11) is 3.14. The number of nitrogens with one attached hydrogen (secondary N) is 1. The second-order valence-electron chi connectivity index (χ2n) is 6.56. The number of hydrogen-bond donors (Lipinski definition) is 1. The molecule has 0 spiro atoms. The molecule has 0 saturated carbocycles. The third-order valence-corrected chi connectivity index (χ3v) is 4.61. The Morgan fingerprint density at radius 1 is 1.03 bits per heavy atom. The van der Waals surface area contributed by atoms with Gasteiger partial charge in [-0.05, 0) is 29.8 Å². The maximum Gasteiger partial charge on any atom is 0.258 e. The number of carbonyl (C=O) groups is 1. The molecule has 1 amide bonds. The molecule has 4 rings (SSSR count). The molecule has 2 heterocycles. The van der Waals surface area contributed by atoms with E-state index in [-0.39, 0.29) is 12.5 Å². The summed E-state index contributed by atoms with van der Waals surface area (Å²) >= 11 is 0. The fraction of sp³-hybridized carbons (Fsp3) is 0.182. The lowest BCUT2D eigenvalue weighted by Crippen LogP contribution is -2.28. The topological polar surface area (TPSA) is 100 Å². The minimum absolute atomic E-state index is 0.185. The molecule has 2 aromatic heterocycles. The molecular formula is C22H21N5O4. The molecule has 9 nitrogen and oxygen atoms in total. The van der Waals surface area contributed by atoms with E-state index in [2.05, 4.69) is 20.4 Å². The van der Waals surface area contributed by atoms with Crippen LogP contribution in [-0.2, 0) is 11.3 Å². The van der Waals surface area contributed by atoms with Crippen LogP contribution < -0.4 is 19.5 Å². The SMILES string of the molecule is COc1ccc(CNC(=O)COc2ncnc3c2cnn3-c2ccccc2)cc1OC. The molecule has 4 aromatic rings. The second kappa shape index (κ2) is 9.12. The van der Waals surface area contributed by atoms with Gasteiger partial charge in [0.25, 0.3) is 5.91 Å². The largest absolute Gasteiger partial charge is 0.493 e. The van der Waals surface area contributed by atoms with E-state index < -0.39 is 0 Å². The number of hydrogen-bond acceptors (Lipinski definition) is 7. The van der Waals surface area contributed by atoms with Crippen molar-refractivity contribution in [1.29, 1.82) is 0 Å². The summed E-state index contributed by atoms with van der Waals surface area (Å²) < 4.78 is 17.8. The van der Waals surface area contributed by atoms with Gasteiger partial charge in [0.15, 0.2) is 23.8 Å². The summed E-state index contributed by atoms with van der Waals surface area (Å²) in [4.78, 5) is 20.7. The molecule has 1 N–H and O–H groups in total. The fourth-order valence-electron chi connectivity index (χ4n) is 3.07. The Hall–Kier alpha value is -4.14. The first-order valence-corrected chi connectivity index (χ1v) is 9.54. The molecule has 0 unspecified atom stereocenters. The molecule has 0 atom stereocenters. The van der Waals surface area contributed by atoms with Gasteiger partial charge in [0, 0.05) is 6.54 Å². The fourth-order valence-corrected chi connectivity index (χ4v) is 3.07. The van der Waals surface area contributed by atoms with Crippen LogP contribution in [0.3, 0.4) is 0 Å². The standard InChI is InChI=1S/C22H21N5O4/c1-29-18-9-8-15(10-19(18)30-2)11-23-20(28)13-31-22-17-12-26-27(21(17)24-14-25-22)16-6-4-3-5-7-16/h3-10,12,14H,11,13H2,1-2H3,(H,23,28). The van der Waals surface area contributed by atoms with Crippen LogP contribution in [0.2, 0.25) is 0 Å². The van der Waals surface area contributed by atoms with Gasteiger partial charge in [0.05, 0.1) is 26.1 Å². The minimum Gasteiger partial charge on any atom is -0.493 e. The summed E-state index contributed by atoms with van der Waals surface area (Å²) in [5, 5.41) is 7.81. The van der Waals surface area contributed by atoms with Crippen molar-refractivity contribution in [2.45, 2.75) is 6.54 Å². The van der Waals surface area contributed by atoms with E-state index in [0.29, 0.717) is 35.0 Å². The van der Waals surface area contributed by atoms with Crippen molar-refractivity contribution in [1.82, 2.24) is 25.1 Å². The van der Waals surface area contributed by atoms with Gasteiger partial charge < -0.3 is 19.5 Å². The Bertz CT molecular complexity index is 1190. The molecule has 0 fully saturated rings. The third kappa shape index (κ3) is 4.40. The van der Waals surface area contributed by atoms with Gasteiger partial charge in [0.2, 0.25) is 5.88 Å². The van der Waals surface area contributed by atoms with Crippen molar-refractivity contribution < 1.29 is 19.0 Å². The lowest BCUT2D eigenvalue weighted by atomic mass is 10.2. The molecule has 158 valence electrons. The van der Waals surface area contributed by atoms with Crippen molar-refractivity contribution in [3.63, 3.8) is 0 Å². The Balaban J connectivity index is 1.40. The predicted octanol–water partition coefficient (Wildman–Crippen LogP) is 2.53. The van der Waals surface area contributed by atoms with Crippen LogP contribution in [-0.4, -0.2) is 46.5 Å². The Morgan fingerprint density at radius 3 is 2.61 bits per heavy atom. The normalized spacial score (nSPS) is 10.6. The molecule has 0 aliphatic rings. The minimum atomic E-state index is -0.281. The first kappa shape index (κ1) is 20.1. The molecule has 0 aliphatic heterocycles. The highest BCUT2D eigenvalue weighted by molar-refractivity contribution is 5.82. The van der Waals surface area contributed by atoms with Crippen LogP contribution >= 0.6 is 0 Å². The average Bonchev–Trinajstić information content (AvgIpc) is 3.26. The maximum atomic E-state index is 12.3. The highest BCUT2D eigenvalue weighted by Gasteiger charge is 2.13. The summed E-state index contributed by atoms with van der Waals surface area (Å²) in [5.74, 6) is 1.25. The zero-order valence-corrected chi connectivity index (χ0v) is 17.1. The average molecular weight is 419 g/mol. The third-order valence-electron chi connectivity index (χ3n) is 4.61. The summed E-state index contributed by atoms with van der Waals surface area (Å²) in [6, 6.07) is 15.1. The highest BCUT2D eigenvalue weighted by atomic mass is 16.5. The van der Waals surface area contributed by atoms with E-state index in [4.69, 9.17) is 14.2 Å². The number of rotatable bonds is 8. The molecule has 0 saturated heterocycles. The number of nitrogens with zero attached hydrogens (tertiary/aromatic N) is 4. The quantitative estimate of drug-likeness (QED) is 0.468. The second-order valence-corrected chi connectivity index (χ2v) is 6.56. The van der Waals surface area contributed by atoms with Crippen LogP contribution in [0.15, 0.2) is 61.1 Å². The van der Waals surface area contributed by atoms with E-state index in [1.54, 1.807) is 31.2 Å². The van der Waals surface area contributed by atoms with Crippen molar-refractivity contribution in [2.75, 3.05) is 20.8 Å².